The van der Waals surface area contributed by atoms with E-state index in [4.69, 9.17) is 0 Å². The molecule has 2 nitrogen and oxygen atoms in total. The van der Waals surface area contributed by atoms with Gasteiger partial charge in [0, 0.05) is 0 Å². The van der Waals surface area contributed by atoms with Gasteiger partial charge in [0.25, 0.3) is 0 Å². The molecular weight excluding hydrogens is 167 g/mol. The summed E-state index contributed by atoms with van der Waals surface area (Å²) in [5, 5.41) is 8.11. The van der Waals surface area contributed by atoms with Gasteiger partial charge in [-0.25, -0.2) is 4.39 Å². The van der Waals surface area contributed by atoms with Crippen molar-refractivity contribution in [2.45, 2.75) is 25.4 Å². The van der Waals surface area contributed by atoms with Crippen LogP contribution in [0.1, 0.15) is 24.9 Å². The Morgan fingerprint density at radius 2 is 2.23 bits per heavy atom. The van der Waals surface area contributed by atoms with Crippen molar-refractivity contribution in [3.8, 4) is 0 Å². The van der Waals surface area contributed by atoms with Gasteiger partial charge in [0.05, 0.1) is 12.1 Å². The van der Waals surface area contributed by atoms with Crippen LogP contribution < -0.4 is 0 Å². The van der Waals surface area contributed by atoms with Crippen molar-refractivity contribution in [2.75, 3.05) is 0 Å². The van der Waals surface area contributed by atoms with E-state index in [9.17, 15) is 4.39 Å². The molecule has 68 valence electrons. The van der Waals surface area contributed by atoms with Gasteiger partial charge in [0.2, 0.25) is 0 Å². The summed E-state index contributed by atoms with van der Waals surface area (Å²) in [5.41, 5.74) is 0.924. The van der Waals surface area contributed by atoms with E-state index in [1.165, 1.54) is 12.1 Å². The van der Waals surface area contributed by atoms with Gasteiger partial charge < -0.3 is 0 Å². The summed E-state index contributed by atoms with van der Waals surface area (Å²) < 4.78 is 12.8. The molecule has 0 bridgehead atoms. The predicted molar refractivity (Wildman–Crippen MR) is 48.1 cm³/mol. The van der Waals surface area contributed by atoms with E-state index in [-0.39, 0.29) is 17.9 Å². The van der Waals surface area contributed by atoms with Gasteiger partial charge in [0.1, 0.15) is 5.82 Å². The zero-order valence-electron chi connectivity index (χ0n) is 7.44. The van der Waals surface area contributed by atoms with Crippen LogP contribution in [0, 0.1) is 5.82 Å². The Bertz CT molecular complexity index is 335. The molecule has 13 heavy (non-hydrogen) atoms. The lowest BCUT2D eigenvalue weighted by molar-refractivity contribution is 0.615. The van der Waals surface area contributed by atoms with Crippen LogP contribution in [0.2, 0.25) is 0 Å². The number of hydrogen-bond acceptors (Lipinski definition) is 2. The molecule has 0 aromatic heterocycles. The fourth-order valence-electron chi connectivity index (χ4n) is 1.53. The monoisotopic (exact) mass is 178 g/mol. The lowest BCUT2D eigenvalue weighted by atomic mass is 10.0. The molecule has 0 saturated carbocycles. The number of benzene rings is 1. The van der Waals surface area contributed by atoms with Gasteiger partial charge in [-0.05, 0) is 31.0 Å². The Hall–Kier alpha value is -1.25. The van der Waals surface area contributed by atoms with Crippen molar-refractivity contribution in [3.63, 3.8) is 0 Å². The van der Waals surface area contributed by atoms with Crippen LogP contribution in [0.4, 0.5) is 4.39 Å². The van der Waals surface area contributed by atoms with E-state index in [2.05, 4.69) is 10.2 Å². The lowest BCUT2D eigenvalue weighted by Gasteiger charge is -2.05. The molecule has 0 saturated heterocycles. The Morgan fingerprint density at radius 1 is 1.38 bits per heavy atom. The highest BCUT2D eigenvalue weighted by Gasteiger charge is 2.19. The third-order valence-corrected chi connectivity index (χ3v) is 2.20. The Kier molecular flexibility index (Phi) is 2.08. The van der Waals surface area contributed by atoms with Crippen LogP contribution in [0.25, 0.3) is 0 Å². The molecule has 2 unspecified atom stereocenters. The fourth-order valence-corrected chi connectivity index (χ4v) is 1.53. The van der Waals surface area contributed by atoms with E-state index in [1.54, 1.807) is 6.07 Å². The highest BCUT2D eigenvalue weighted by atomic mass is 19.1. The van der Waals surface area contributed by atoms with Gasteiger partial charge in [-0.1, -0.05) is 12.1 Å². The maximum atomic E-state index is 12.8. The minimum Gasteiger partial charge on any atom is -0.207 e. The van der Waals surface area contributed by atoms with Crippen molar-refractivity contribution in [3.05, 3.63) is 35.6 Å². The van der Waals surface area contributed by atoms with Gasteiger partial charge >= 0.3 is 0 Å². The molecule has 1 aromatic carbocycles. The summed E-state index contributed by atoms with van der Waals surface area (Å²) in [4.78, 5) is 0. The maximum Gasteiger partial charge on any atom is 0.123 e. The number of halogens is 1. The quantitative estimate of drug-likeness (QED) is 0.631. The van der Waals surface area contributed by atoms with Gasteiger partial charge in [-0.15, -0.1) is 0 Å². The summed E-state index contributed by atoms with van der Waals surface area (Å²) in [5.74, 6) is -0.202. The van der Waals surface area contributed by atoms with Crippen molar-refractivity contribution in [2.24, 2.45) is 10.2 Å². The van der Waals surface area contributed by atoms with Crippen molar-refractivity contribution < 1.29 is 4.39 Å². The molecular formula is C10H11FN2. The molecule has 1 aromatic rings. The highest BCUT2D eigenvalue weighted by Crippen LogP contribution is 2.29. The fraction of sp³-hybridized carbons (Fsp3) is 0.400. The summed E-state index contributed by atoms with van der Waals surface area (Å²) in [6.45, 7) is 2.02. The molecule has 1 heterocycles. The van der Waals surface area contributed by atoms with E-state index in [0.717, 1.165) is 12.0 Å². The smallest absolute Gasteiger partial charge is 0.123 e. The molecule has 0 aliphatic carbocycles. The van der Waals surface area contributed by atoms with Crippen LogP contribution in [-0.2, 0) is 0 Å². The van der Waals surface area contributed by atoms with Gasteiger partial charge in [-0.3, -0.25) is 0 Å². The Balaban J connectivity index is 2.22. The van der Waals surface area contributed by atoms with E-state index in [1.807, 2.05) is 13.0 Å². The number of hydrogen-bond donors (Lipinski definition) is 0. The lowest BCUT2D eigenvalue weighted by Crippen LogP contribution is -1.97. The molecule has 1 aliphatic rings. The number of azo groups is 1. The number of nitrogens with zero attached hydrogens (tertiary/aromatic N) is 2. The van der Waals surface area contributed by atoms with Crippen molar-refractivity contribution in [1.29, 1.82) is 0 Å². The first kappa shape index (κ1) is 8.35. The second kappa shape index (κ2) is 3.24. The molecule has 0 amide bonds. The van der Waals surface area contributed by atoms with Gasteiger partial charge in [-0.2, -0.15) is 10.2 Å². The second-order valence-corrected chi connectivity index (χ2v) is 3.39. The molecule has 2 rings (SSSR count). The molecule has 0 fully saturated rings. The average molecular weight is 178 g/mol. The Labute approximate surface area is 76.5 Å². The SMILES string of the molecule is CC1CC(c2cccc(F)c2)N=N1. The summed E-state index contributed by atoms with van der Waals surface area (Å²) in [6.07, 6.45) is 0.892. The summed E-state index contributed by atoms with van der Waals surface area (Å²) in [6, 6.07) is 6.91. The standard InChI is InChI=1S/C10H11FN2/c1-7-5-10(13-12-7)8-3-2-4-9(11)6-8/h2-4,6-7,10H,5H2,1H3. The average Bonchev–Trinajstić information content (AvgIpc) is 2.52. The second-order valence-electron chi connectivity index (χ2n) is 3.39. The van der Waals surface area contributed by atoms with E-state index < -0.39 is 0 Å². The largest absolute Gasteiger partial charge is 0.207 e. The molecule has 2 atom stereocenters. The van der Waals surface area contributed by atoms with Crippen molar-refractivity contribution >= 4 is 0 Å². The molecule has 0 spiro atoms. The topological polar surface area (TPSA) is 24.7 Å². The Morgan fingerprint density at radius 3 is 2.85 bits per heavy atom. The highest BCUT2D eigenvalue weighted by molar-refractivity contribution is 5.20. The molecule has 3 heteroatoms. The van der Waals surface area contributed by atoms with Crippen LogP contribution in [-0.4, -0.2) is 6.04 Å². The summed E-state index contributed by atoms with van der Waals surface area (Å²) >= 11 is 0. The van der Waals surface area contributed by atoms with Crippen LogP contribution in [0.5, 0.6) is 0 Å². The van der Waals surface area contributed by atoms with Crippen molar-refractivity contribution in [1.82, 2.24) is 0 Å². The number of rotatable bonds is 1. The first-order valence-electron chi connectivity index (χ1n) is 4.41. The maximum absolute atomic E-state index is 12.8. The molecule has 0 radical (unpaired) electrons. The zero-order valence-corrected chi connectivity index (χ0v) is 7.44. The first-order valence-corrected chi connectivity index (χ1v) is 4.41. The summed E-state index contributed by atoms with van der Waals surface area (Å²) in [7, 11) is 0. The third kappa shape index (κ3) is 1.74. The molecule has 0 N–H and O–H groups in total. The predicted octanol–water partition coefficient (Wildman–Crippen LogP) is 3.11. The zero-order chi connectivity index (χ0) is 9.26. The minimum atomic E-state index is -0.202. The minimum absolute atomic E-state index is 0.0608. The third-order valence-electron chi connectivity index (χ3n) is 2.20. The van der Waals surface area contributed by atoms with Crippen LogP contribution in [0.3, 0.4) is 0 Å². The van der Waals surface area contributed by atoms with Gasteiger partial charge in [0.15, 0.2) is 0 Å². The normalized spacial score (nSPS) is 26.6. The molecule has 1 aliphatic heterocycles. The van der Waals surface area contributed by atoms with Crippen LogP contribution in [0.15, 0.2) is 34.5 Å². The van der Waals surface area contributed by atoms with Crippen LogP contribution >= 0.6 is 0 Å². The van der Waals surface area contributed by atoms with E-state index in [0.29, 0.717) is 0 Å². The first-order chi connectivity index (χ1) is 6.25. The van der Waals surface area contributed by atoms with E-state index >= 15 is 0 Å².